The van der Waals surface area contributed by atoms with Crippen molar-refractivity contribution >= 4 is 23.0 Å². The highest BCUT2D eigenvalue weighted by Gasteiger charge is 2.32. The molecule has 0 bridgehead atoms. The molecule has 1 aliphatic carbocycles. The van der Waals surface area contributed by atoms with Crippen molar-refractivity contribution in [3.8, 4) is 11.1 Å². The molecule has 0 saturated carbocycles. The lowest BCUT2D eigenvalue weighted by Crippen LogP contribution is -2.23. The fourth-order valence-corrected chi connectivity index (χ4v) is 4.10. The van der Waals surface area contributed by atoms with Crippen LogP contribution in [-0.4, -0.2) is 30.4 Å². The topological polar surface area (TPSA) is 55.8 Å². The van der Waals surface area contributed by atoms with E-state index in [4.69, 9.17) is 21.1 Å². The molecule has 1 aliphatic heterocycles. The van der Waals surface area contributed by atoms with Crippen molar-refractivity contribution in [3.05, 3.63) is 64.4 Å². The molecule has 0 radical (unpaired) electrons. The maximum atomic E-state index is 12.9. The van der Waals surface area contributed by atoms with E-state index >= 15 is 0 Å². The van der Waals surface area contributed by atoms with E-state index < -0.39 is 0 Å². The van der Waals surface area contributed by atoms with Gasteiger partial charge in [-0.05, 0) is 53.3 Å². The predicted octanol–water partition coefficient (Wildman–Crippen LogP) is 5.33. The van der Waals surface area contributed by atoms with E-state index in [1.165, 1.54) is 0 Å². The molecule has 1 atom stereocenters. The first kappa shape index (κ1) is 19.2. The Morgan fingerprint density at radius 2 is 1.71 bits per heavy atom. The van der Waals surface area contributed by atoms with Crippen LogP contribution in [0.1, 0.15) is 30.4 Å². The van der Waals surface area contributed by atoms with Crippen molar-refractivity contribution in [2.75, 3.05) is 13.2 Å². The summed E-state index contributed by atoms with van der Waals surface area (Å²) in [6.07, 6.45) is 1.23. The zero-order valence-corrected chi connectivity index (χ0v) is 16.5. The largest absolute Gasteiger partial charge is 0.512 e. The zero-order chi connectivity index (χ0) is 19.7. The second-order valence-electron chi connectivity index (χ2n) is 7.46. The number of allylic oxidation sites excluding steroid dienone is 2. The number of rotatable bonds is 4. The van der Waals surface area contributed by atoms with Crippen molar-refractivity contribution in [3.63, 3.8) is 0 Å². The first-order chi connectivity index (χ1) is 13.5. The highest BCUT2D eigenvalue weighted by atomic mass is 35.5. The molecule has 0 aromatic heterocycles. The van der Waals surface area contributed by atoms with Gasteiger partial charge in [-0.3, -0.25) is 4.79 Å². The lowest BCUT2D eigenvalue weighted by Gasteiger charge is -2.26. The fraction of sp³-hybridized carbons (Fsp3) is 0.348. The van der Waals surface area contributed by atoms with Crippen LogP contribution in [0.25, 0.3) is 16.7 Å². The molecule has 5 heteroatoms. The van der Waals surface area contributed by atoms with Crippen LogP contribution in [0.15, 0.2) is 48.2 Å². The molecule has 1 fully saturated rings. The molecule has 1 unspecified atom stereocenters. The molecule has 4 rings (SSSR count). The molecule has 2 aliphatic rings. The molecular weight excluding hydrogens is 376 g/mol. The third kappa shape index (κ3) is 4.00. The van der Waals surface area contributed by atoms with E-state index in [1.54, 1.807) is 0 Å². The Morgan fingerprint density at radius 1 is 1.04 bits per heavy atom. The van der Waals surface area contributed by atoms with E-state index in [0.717, 1.165) is 22.3 Å². The van der Waals surface area contributed by atoms with Crippen LogP contribution < -0.4 is 0 Å². The smallest absolute Gasteiger partial charge is 0.167 e. The number of halogens is 1. The van der Waals surface area contributed by atoms with Crippen LogP contribution in [-0.2, 0) is 14.3 Å². The molecule has 146 valence electrons. The quantitative estimate of drug-likeness (QED) is 0.756. The second kappa shape index (κ2) is 8.08. The first-order valence-electron chi connectivity index (χ1n) is 9.56. The fourth-order valence-electron chi connectivity index (χ4n) is 3.97. The van der Waals surface area contributed by atoms with Gasteiger partial charge in [0.25, 0.3) is 0 Å². The Balaban J connectivity index is 1.62. The van der Waals surface area contributed by atoms with E-state index in [2.05, 4.69) is 0 Å². The number of ether oxygens (including phenoxy) is 2. The van der Waals surface area contributed by atoms with Crippen LogP contribution >= 0.6 is 11.6 Å². The van der Waals surface area contributed by atoms with Gasteiger partial charge >= 0.3 is 0 Å². The minimum atomic E-state index is -0.262. The average Bonchev–Trinajstić information content (AvgIpc) is 3.16. The Hall–Kier alpha value is -2.14. The number of carbonyl (C=O) groups is 1. The standard InChI is InChI=1S/C23H23ClO4/c1-14-2-3-17(16-4-6-18(24)7-5-16)13-19(14)23-20(25)10-15(11-21(23)26)12-22-27-8-9-28-22/h2-7,13,15,22,25H,8-12H2,1H3. The minimum absolute atomic E-state index is 0.0249. The Bertz CT molecular complexity index is 911. The maximum Gasteiger partial charge on any atom is 0.167 e. The van der Waals surface area contributed by atoms with Gasteiger partial charge in [-0.2, -0.15) is 0 Å². The first-order valence-corrected chi connectivity index (χ1v) is 9.94. The molecule has 4 nitrogen and oxygen atoms in total. The van der Waals surface area contributed by atoms with Gasteiger partial charge in [-0.1, -0.05) is 35.9 Å². The van der Waals surface area contributed by atoms with E-state index in [1.807, 2.05) is 49.4 Å². The van der Waals surface area contributed by atoms with Gasteiger partial charge in [0, 0.05) is 24.3 Å². The number of hydrogen-bond donors (Lipinski definition) is 1. The second-order valence-corrected chi connectivity index (χ2v) is 7.90. The van der Waals surface area contributed by atoms with Gasteiger partial charge in [0.05, 0.1) is 18.8 Å². The van der Waals surface area contributed by atoms with Gasteiger partial charge in [-0.25, -0.2) is 0 Å². The summed E-state index contributed by atoms with van der Waals surface area (Å²) in [6.45, 7) is 3.14. The predicted molar refractivity (Wildman–Crippen MR) is 109 cm³/mol. The third-order valence-electron chi connectivity index (χ3n) is 5.42. The lowest BCUT2D eigenvalue weighted by atomic mass is 9.81. The van der Waals surface area contributed by atoms with Gasteiger partial charge in [0.2, 0.25) is 0 Å². The summed E-state index contributed by atoms with van der Waals surface area (Å²) in [6, 6.07) is 13.6. The van der Waals surface area contributed by atoms with Crippen LogP contribution in [0.5, 0.6) is 0 Å². The summed E-state index contributed by atoms with van der Waals surface area (Å²) >= 11 is 5.99. The molecule has 2 aromatic rings. The van der Waals surface area contributed by atoms with Crippen molar-refractivity contribution in [2.45, 2.75) is 32.5 Å². The molecule has 0 amide bonds. The van der Waals surface area contributed by atoms with Crippen molar-refractivity contribution in [1.82, 2.24) is 0 Å². The van der Waals surface area contributed by atoms with Gasteiger partial charge in [0.15, 0.2) is 12.1 Å². The van der Waals surface area contributed by atoms with E-state index in [-0.39, 0.29) is 23.8 Å². The normalized spacial score (nSPS) is 20.8. The Labute approximate surface area is 169 Å². The van der Waals surface area contributed by atoms with Crippen LogP contribution in [0.2, 0.25) is 5.02 Å². The van der Waals surface area contributed by atoms with Gasteiger partial charge < -0.3 is 14.6 Å². The number of aryl methyl sites for hydroxylation is 1. The number of aliphatic hydroxyl groups excluding tert-OH is 1. The minimum Gasteiger partial charge on any atom is -0.512 e. The highest BCUT2D eigenvalue weighted by Crippen LogP contribution is 2.37. The Morgan fingerprint density at radius 3 is 2.39 bits per heavy atom. The third-order valence-corrected chi connectivity index (χ3v) is 5.68. The van der Waals surface area contributed by atoms with E-state index in [9.17, 15) is 9.90 Å². The lowest BCUT2D eigenvalue weighted by molar-refractivity contribution is -0.116. The maximum absolute atomic E-state index is 12.9. The number of benzene rings is 2. The van der Waals surface area contributed by atoms with Gasteiger partial charge in [0.1, 0.15) is 5.76 Å². The molecule has 28 heavy (non-hydrogen) atoms. The Kier molecular flexibility index (Phi) is 5.54. The summed E-state index contributed by atoms with van der Waals surface area (Å²) in [7, 11) is 0. The SMILES string of the molecule is Cc1ccc(-c2ccc(Cl)cc2)cc1C1=C(O)CC(CC2OCCO2)CC1=O. The number of aliphatic hydroxyl groups is 1. The number of ketones is 1. The zero-order valence-electron chi connectivity index (χ0n) is 15.8. The molecule has 0 spiro atoms. The molecule has 1 heterocycles. The summed E-state index contributed by atoms with van der Waals surface area (Å²) in [5, 5.41) is 11.4. The van der Waals surface area contributed by atoms with Crippen molar-refractivity contribution < 1.29 is 19.4 Å². The summed E-state index contributed by atoms with van der Waals surface area (Å²) in [4.78, 5) is 12.9. The summed E-state index contributed by atoms with van der Waals surface area (Å²) in [5.74, 6) is 0.179. The monoisotopic (exact) mass is 398 g/mol. The number of carbonyl (C=O) groups excluding carboxylic acids is 1. The molecule has 2 aromatic carbocycles. The van der Waals surface area contributed by atoms with Crippen LogP contribution in [0.3, 0.4) is 0 Å². The molecular formula is C23H23ClO4. The summed E-state index contributed by atoms with van der Waals surface area (Å²) in [5.41, 5.74) is 4.20. The summed E-state index contributed by atoms with van der Waals surface area (Å²) < 4.78 is 11.0. The average molecular weight is 399 g/mol. The highest BCUT2D eigenvalue weighted by molar-refractivity contribution is 6.30. The molecule has 1 saturated heterocycles. The van der Waals surface area contributed by atoms with Crippen LogP contribution in [0, 0.1) is 12.8 Å². The van der Waals surface area contributed by atoms with Crippen molar-refractivity contribution in [2.24, 2.45) is 5.92 Å². The number of hydrogen-bond acceptors (Lipinski definition) is 4. The van der Waals surface area contributed by atoms with Crippen molar-refractivity contribution in [1.29, 1.82) is 0 Å². The van der Waals surface area contributed by atoms with Gasteiger partial charge in [-0.15, -0.1) is 0 Å². The number of Topliss-reactive ketones (excluding diaryl/α,β-unsaturated/α-hetero) is 1. The van der Waals surface area contributed by atoms with E-state index in [0.29, 0.717) is 43.1 Å². The molecule has 1 N–H and O–H groups in total. The van der Waals surface area contributed by atoms with Crippen LogP contribution in [0.4, 0.5) is 0 Å².